The topological polar surface area (TPSA) is 57.7 Å². The quantitative estimate of drug-likeness (QED) is 0.443. The number of nitriles is 1. The zero-order chi connectivity index (χ0) is 17.9. The van der Waals surface area contributed by atoms with Gasteiger partial charge in [0.2, 0.25) is 0 Å². The summed E-state index contributed by atoms with van der Waals surface area (Å²) in [6, 6.07) is 6.16. The minimum absolute atomic E-state index is 0.141. The van der Waals surface area contributed by atoms with Gasteiger partial charge in [-0.2, -0.15) is 5.26 Å². The number of aromatic nitrogens is 3. The third-order valence-corrected chi connectivity index (χ3v) is 4.84. The monoisotopic (exact) mass is 361 g/mol. The van der Waals surface area contributed by atoms with E-state index in [9.17, 15) is 5.26 Å². The van der Waals surface area contributed by atoms with E-state index in [1.165, 1.54) is 6.20 Å². The number of nitrogens with zero attached hydrogens (tertiary/aromatic N) is 5. The van der Waals surface area contributed by atoms with Crippen LogP contribution in [0.15, 0.2) is 42.9 Å². The molecule has 0 fully saturated rings. The van der Waals surface area contributed by atoms with Crippen LogP contribution < -0.4 is 4.90 Å². The first-order valence-electron chi connectivity index (χ1n) is 8.44. The number of rotatable bonds is 1. The van der Waals surface area contributed by atoms with Gasteiger partial charge in [0.05, 0.1) is 17.6 Å². The number of alkyl halides is 1. The third-order valence-electron chi connectivity index (χ3n) is 4.48. The average molecular weight is 362 g/mol. The van der Waals surface area contributed by atoms with Crippen molar-refractivity contribution in [1.82, 2.24) is 14.5 Å². The highest BCUT2D eigenvalue weighted by molar-refractivity contribution is 6.21. The molecule has 3 heterocycles. The summed E-state index contributed by atoms with van der Waals surface area (Å²) in [5, 5.41) is 9.36. The molecule has 0 amide bonds. The molecule has 0 radical (unpaired) electrons. The molecule has 0 bridgehead atoms. The minimum Gasteiger partial charge on any atom is -0.323 e. The number of hydrogen-bond acceptors (Lipinski definition) is 4. The van der Waals surface area contributed by atoms with E-state index in [1.807, 2.05) is 29.4 Å². The summed E-state index contributed by atoms with van der Waals surface area (Å²) in [5.41, 5.74) is 2.36. The van der Waals surface area contributed by atoms with Crippen molar-refractivity contribution in [3.05, 3.63) is 60.0 Å². The Hall–Kier alpha value is -3.02. The zero-order valence-corrected chi connectivity index (χ0v) is 14.8. The van der Waals surface area contributed by atoms with Crippen LogP contribution in [0.3, 0.4) is 0 Å². The molecular formula is C20H16ClN5. The average Bonchev–Trinajstić information content (AvgIpc) is 3.10. The Morgan fingerprint density at radius 1 is 1.12 bits per heavy atom. The molecule has 5 nitrogen and oxygen atoms in total. The van der Waals surface area contributed by atoms with Crippen LogP contribution in [-0.2, 0) is 6.54 Å². The minimum atomic E-state index is 0.141. The highest BCUT2D eigenvalue weighted by atomic mass is 35.5. The van der Waals surface area contributed by atoms with Gasteiger partial charge in [0, 0.05) is 36.4 Å². The molecule has 2 aromatic rings. The number of anilines is 1. The highest BCUT2D eigenvalue weighted by Crippen LogP contribution is 2.24. The van der Waals surface area contributed by atoms with E-state index in [2.05, 4.69) is 44.6 Å². The molecule has 2 aromatic heterocycles. The molecule has 6 heteroatoms. The Kier molecular flexibility index (Phi) is 4.48. The standard InChI is InChI=1S/C20H16ClN5/c21-16-4-1-15(2-5-16)3-6-17-7-8-18-14-25(11-12-26(17)18)20-19(13-22)23-9-10-24-20/h1,4,7-12,15-16H,2,5,14H2. The molecule has 0 aromatic carbocycles. The molecule has 128 valence electrons. The first kappa shape index (κ1) is 16.4. The summed E-state index contributed by atoms with van der Waals surface area (Å²) in [6.07, 6.45) is 13.1. The van der Waals surface area contributed by atoms with E-state index in [-0.39, 0.29) is 11.3 Å². The van der Waals surface area contributed by atoms with Crippen molar-refractivity contribution in [2.24, 2.45) is 5.92 Å². The fourth-order valence-electron chi connectivity index (χ4n) is 3.11. The van der Waals surface area contributed by atoms with Crippen LogP contribution in [0.1, 0.15) is 29.9 Å². The van der Waals surface area contributed by atoms with Crippen molar-refractivity contribution in [3.8, 4) is 17.9 Å². The summed E-state index contributed by atoms with van der Waals surface area (Å²) in [5.74, 6) is 7.44. The van der Waals surface area contributed by atoms with Gasteiger partial charge in [-0.05, 0) is 30.9 Å². The maximum atomic E-state index is 9.22. The van der Waals surface area contributed by atoms with Crippen molar-refractivity contribution in [1.29, 1.82) is 5.26 Å². The SMILES string of the molecule is N#Cc1nccnc1N1C=Cn2c(C#CC3C=CC(Cl)CC3)ccc2C1. The van der Waals surface area contributed by atoms with Crippen molar-refractivity contribution in [2.75, 3.05) is 4.90 Å². The van der Waals surface area contributed by atoms with E-state index in [0.29, 0.717) is 18.1 Å². The molecule has 0 N–H and O–H groups in total. The Morgan fingerprint density at radius 2 is 2.00 bits per heavy atom. The summed E-state index contributed by atoms with van der Waals surface area (Å²) in [4.78, 5) is 10.3. The summed E-state index contributed by atoms with van der Waals surface area (Å²) in [7, 11) is 0. The third kappa shape index (κ3) is 3.22. The first-order valence-corrected chi connectivity index (χ1v) is 8.88. The molecule has 0 spiro atoms. The van der Waals surface area contributed by atoms with Crippen LogP contribution in [0.5, 0.6) is 0 Å². The molecule has 2 unspecified atom stereocenters. The second-order valence-electron chi connectivity index (χ2n) is 6.20. The van der Waals surface area contributed by atoms with Crippen LogP contribution in [-0.4, -0.2) is 19.9 Å². The van der Waals surface area contributed by atoms with Gasteiger partial charge in [0.1, 0.15) is 6.07 Å². The maximum Gasteiger partial charge on any atom is 0.183 e. The molecule has 4 rings (SSSR count). The predicted octanol–water partition coefficient (Wildman–Crippen LogP) is 3.52. The lowest BCUT2D eigenvalue weighted by molar-refractivity contribution is 0.649. The van der Waals surface area contributed by atoms with Gasteiger partial charge in [-0.3, -0.25) is 0 Å². The summed E-state index contributed by atoms with van der Waals surface area (Å²) < 4.78 is 2.07. The second-order valence-corrected chi connectivity index (χ2v) is 6.76. The Labute approximate surface area is 157 Å². The van der Waals surface area contributed by atoms with Gasteiger partial charge in [-0.25, -0.2) is 9.97 Å². The van der Waals surface area contributed by atoms with Gasteiger partial charge in [0.15, 0.2) is 11.5 Å². The van der Waals surface area contributed by atoms with E-state index in [1.54, 1.807) is 6.20 Å². The van der Waals surface area contributed by atoms with Crippen molar-refractivity contribution < 1.29 is 0 Å². The van der Waals surface area contributed by atoms with Gasteiger partial charge in [-0.15, -0.1) is 11.6 Å². The Bertz CT molecular complexity index is 986. The maximum absolute atomic E-state index is 9.22. The fraction of sp³-hybridized carbons (Fsp3) is 0.250. The van der Waals surface area contributed by atoms with E-state index >= 15 is 0 Å². The Balaban J connectivity index is 1.56. The predicted molar refractivity (Wildman–Crippen MR) is 101 cm³/mol. The highest BCUT2D eigenvalue weighted by Gasteiger charge is 2.18. The number of hydrogen-bond donors (Lipinski definition) is 0. The molecule has 0 saturated heterocycles. The second kappa shape index (κ2) is 7.07. The Morgan fingerprint density at radius 3 is 2.81 bits per heavy atom. The largest absolute Gasteiger partial charge is 0.323 e. The molecule has 2 aliphatic rings. The lowest BCUT2D eigenvalue weighted by atomic mass is 9.96. The normalized spacial score (nSPS) is 20.8. The van der Waals surface area contributed by atoms with Gasteiger partial charge >= 0.3 is 0 Å². The molecule has 2 atom stereocenters. The van der Waals surface area contributed by atoms with Gasteiger partial charge < -0.3 is 9.47 Å². The van der Waals surface area contributed by atoms with Crippen LogP contribution >= 0.6 is 11.6 Å². The summed E-state index contributed by atoms with van der Waals surface area (Å²) in [6.45, 7) is 0.614. The first-order chi connectivity index (χ1) is 12.7. The van der Waals surface area contributed by atoms with Gasteiger partial charge in [0.25, 0.3) is 0 Å². The van der Waals surface area contributed by atoms with Crippen LogP contribution in [0.2, 0.25) is 0 Å². The number of allylic oxidation sites excluding steroid dienone is 2. The van der Waals surface area contributed by atoms with Crippen molar-refractivity contribution in [2.45, 2.75) is 24.8 Å². The number of halogens is 1. The van der Waals surface area contributed by atoms with Crippen LogP contribution in [0.25, 0.3) is 6.20 Å². The lowest BCUT2D eigenvalue weighted by Crippen LogP contribution is -2.23. The molecule has 26 heavy (non-hydrogen) atoms. The van der Waals surface area contributed by atoms with E-state index < -0.39 is 0 Å². The molecule has 1 aliphatic heterocycles. The number of fused-ring (bicyclic) bond motifs is 1. The molecule has 1 aliphatic carbocycles. The van der Waals surface area contributed by atoms with E-state index in [4.69, 9.17) is 11.6 Å². The van der Waals surface area contributed by atoms with Crippen molar-refractivity contribution >= 4 is 23.6 Å². The van der Waals surface area contributed by atoms with Crippen LogP contribution in [0, 0.1) is 29.1 Å². The summed E-state index contributed by atoms with van der Waals surface area (Å²) >= 11 is 6.08. The molecule has 0 saturated carbocycles. The molecular weight excluding hydrogens is 346 g/mol. The van der Waals surface area contributed by atoms with Gasteiger partial charge in [-0.1, -0.05) is 18.1 Å². The van der Waals surface area contributed by atoms with Crippen molar-refractivity contribution in [3.63, 3.8) is 0 Å². The zero-order valence-electron chi connectivity index (χ0n) is 14.0. The van der Waals surface area contributed by atoms with Crippen LogP contribution in [0.4, 0.5) is 5.82 Å². The smallest absolute Gasteiger partial charge is 0.183 e. The van der Waals surface area contributed by atoms with E-state index in [0.717, 1.165) is 24.2 Å². The lowest BCUT2D eigenvalue weighted by Gasteiger charge is -2.24. The fourth-order valence-corrected chi connectivity index (χ4v) is 3.32.